The highest BCUT2D eigenvalue weighted by Crippen LogP contribution is 2.35. The molecule has 0 amide bonds. The van der Waals surface area contributed by atoms with Crippen molar-refractivity contribution in [3.63, 3.8) is 0 Å². The number of nitrogen functional groups attached to an aromatic ring is 1. The van der Waals surface area contributed by atoms with Crippen molar-refractivity contribution in [2.75, 3.05) is 26.6 Å². The Morgan fingerprint density at radius 3 is 2.42 bits per heavy atom. The van der Waals surface area contributed by atoms with Gasteiger partial charge in [-0.1, -0.05) is 0 Å². The molecular weight excluding hydrogens is 263 g/mol. The summed E-state index contributed by atoms with van der Waals surface area (Å²) in [5.74, 6) is -0.773. The molecular formula is C12H14F3NO3. The standard InChI is InChI=1S/C12H14F3NO3/c1-18-4-3-7-5-8(11(17)19-2)10(16)6-9(7)12(13,14)15/h5-6H,3-4,16H2,1-2H3. The first-order valence-corrected chi connectivity index (χ1v) is 5.38. The van der Waals surface area contributed by atoms with E-state index in [0.717, 1.165) is 19.2 Å². The van der Waals surface area contributed by atoms with Gasteiger partial charge in [-0.25, -0.2) is 4.79 Å². The van der Waals surface area contributed by atoms with Crippen LogP contribution in [0.3, 0.4) is 0 Å². The number of alkyl halides is 3. The number of ether oxygens (including phenoxy) is 2. The molecule has 0 aliphatic rings. The Morgan fingerprint density at radius 2 is 1.95 bits per heavy atom. The molecule has 4 nitrogen and oxygen atoms in total. The van der Waals surface area contributed by atoms with Crippen molar-refractivity contribution in [3.8, 4) is 0 Å². The number of carbonyl (C=O) groups excluding carboxylic acids is 1. The molecule has 0 radical (unpaired) electrons. The average molecular weight is 277 g/mol. The fraction of sp³-hybridized carbons (Fsp3) is 0.417. The second-order valence-corrected chi connectivity index (χ2v) is 3.83. The van der Waals surface area contributed by atoms with Crippen molar-refractivity contribution >= 4 is 11.7 Å². The first-order valence-electron chi connectivity index (χ1n) is 5.38. The van der Waals surface area contributed by atoms with Crippen LogP contribution in [-0.4, -0.2) is 26.8 Å². The van der Waals surface area contributed by atoms with Crippen LogP contribution in [0.15, 0.2) is 12.1 Å². The fourth-order valence-electron chi connectivity index (χ4n) is 1.63. The van der Waals surface area contributed by atoms with E-state index in [-0.39, 0.29) is 29.8 Å². The van der Waals surface area contributed by atoms with Gasteiger partial charge in [-0.05, 0) is 24.1 Å². The van der Waals surface area contributed by atoms with Crippen LogP contribution in [0.2, 0.25) is 0 Å². The molecule has 7 heteroatoms. The quantitative estimate of drug-likeness (QED) is 0.677. The molecule has 1 aromatic carbocycles. The Kier molecular flexibility index (Phi) is 4.77. The van der Waals surface area contributed by atoms with Crippen molar-refractivity contribution < 1.29 is 27.4 Å². The second kappa shape index (κ2) is 5.92. The van der Waals surface area contributed by atoms with Crippen molar-refractivity contribution in [1.29, 1.82) is 0 Å². The van der Waals surface area contributed by atoms with Crippen LogP contribution in [0, 0.1) is 0 Å². The molecule has 0 saturated carbocycles. The molecule has 1 aromatic rings. The molecule has 0 bridgehead atoms. The number of hydrogen-bond acceptors (Lipinski definition) is 4. The number of halogens is 3. The lowest BCUT2D eigenvalue weighted by Gasteiger charge is -2.15. The summed E-state index contributed by atoms with van der Waals surface area (Å²) in [6.45, 7) is 0.105. The molecule has 0 fully saturated rings. The molecule has 0 unspecified atom stereocenters. The summed E-state index contributed by atoms with van der Waals surface area (Å²) < 4.78 is 47.8. The zero-order valence-corrected chi connectivity index (χ0v) is 10.5. The van der Waals surface area contributed by atoms with Gasteiger partial charge in [0, 0.05) is 12.8 Å². The predicted molar refractivity (Wildman–Crippen MR) is 62.8 cm³/mol. The number of benzene rings is 1. The molecule has 0 aliphatic carbocycles. The number of carbonyl (C=O) groups is 1. The van der Waals surface area contributed by atoms with E-state index >= 15 is 0 Å². The van der Waals surface area contributed by atoms with E-state index in [1.165, 1.54) is 7.11 Å². The van der Waals surface area contributed by atoms with Gasteiger partial charge in [0.2, 0.25) is 0 Å². The second-order valence-electron chi connectivity index (χ2n) is 3.83. The van der Waals surface area contributed by atoms with Crippen LogP contribution < -0.4 is 5.73 Å². The van der Waals surface area contributed by atoms with Gasteiger partial charge in [0.1, 0.15) is 0 Å². The van der Waals surface area contributed by atoms with Gasteiger partial charge in [-0.2, -0.15) is 13.2 Å². The van der Waals surface area contributed by atoms with Gasteiger partial charge in [0.05, 0.1) is 24.8 Å². The summed E-state index contributed by atoms with van der Waals surface area (Å²) in [4.78, 5) is 11.4. The van der Waals surface area contributed by atoms with Gasteiger partial charge in [-0.15, -0.1) is 0 Å². The molecule has 0 atom stereocenters. The number of esters is 1. The van der Waals surface area contributed by atoms with Gasteiger partial charge in [0.15, 0.2) is 0 Å². The Hall–Kier alpha value is -1.76. The summed E-state index contributed by atoms with van der Waals surface area (Å²) in [6, 6.07) is 1.85. The number of rotatable bonds is 4. The van der Waals surface area contributed by atoms with E-state index in [1.807, 2.05) is 0 Å². The maximum atomic E-state index is 12.9. The molecule has 0 aliphatic heterocycles. The highest BCUT2D eigenvalue weighted by molar-refractivity contribution is 5.95. The fourth-order valence-corrected chi connectivity index (χ4v) is 1.63. The summed E-state index contributed by atoms with van der Waals surface area (Å²) >= 11 is 0. The van der Waals surface area contributed by atoms with Crippen molar-refractivity contribution in [3.05, 3.63) is 28.8 Å². The van der Waals surface area contributed by atoms with E-state index in [0.29, 0.717) is 0 Å². The lowest BCUT2D eigenvalue weighted by Crippen LogP contribution is -2.15. The molecule has 2 N–H and O–H groups in total. The smallest absolute Gasteiger partial charge is 0.416 e. The minimum absolute atomic E-state index is 0.0234. The lowest BCUT2D eigenvalue weighted by atomic mass is 9.99. The van der Waals surface area contributed by atoms with Crippen molar-refractivity contribution in [2.45, 2.75) is 12.6 Å². The highest BCUT2D eigenvalue weighted by atomic mass is 19.4. The first-order chi connectivity index (χ1) is 8.81. The summed E-state index contributed by atoms with van der Waals surface area (Å²) in [5.41, 5.74) is 4.20. The Bertz CT molecular complexity index is 472. The van der Waals surface area contributed by atoms with E-state index in [9.17, 15) is 18.0 Å². The van der Waals surface area contributed by atoms with Gasteiger partial charge in [0.25, 0.3) is 0 Å². The van der Waals surface area contributed by atoms with Crippen molar-refractivity contribution in [2.24, 2.45) is 0 Å². The summed E-state index contributed by atoms with van der Waals surface area (Å²) in [7, 11) is 2.51. The van der Waals surface area contributed by atoms with Gasteiger partial charge in [-0.3, -0.25) is 0 Å². The largest absolute Gasteiger partial charge is 0.465 e. The van der Waals surface area contributed by atoms with Crippen LogP contribution in [0.1, 0.15) is 21.5 Å². The predicted octanol–water partition coefficient (Wildman–Crippen LogP) is 2.26. The average Bonchev–Trinajstić information content (AvgIpc) is 2.34. The lowest BCUT2D eigenvalue weighted by molar-refractivity contribution is -0.138. The number of nitrogens with two attached hydrogens (primary N) is 1. The SMILES string of the molecule is COCCc1cc(C(=O)OC)c(N)cc1C(F)(F)F. The van der Waals surface area contributed by atoms with E-state index in [1.54, 1.807) is 0 Å². The van der Waals surface area contributed by atoms with Crippen LogP contribution in [0.4, 0.5) is 18.9 Å². The third-order valence-electron chi connectivity index (χ3n) is 2.56. The third-order valence-corrected chi connectivity index (χ3v) is 2.56. The van der Waals surface area contributed by atoms with Crippen LogP contribution in [0.25, 0.3) is 0 Å². The van der Waals surface area contributed by atoms with E-state index in [2.05, 4.69) is 4.74 Å². The monoisotopic (exact) mass is 277 g/mol. The maximum Gasteiger partial charge on any atom is 0.416 e. The van der Waals surface area contributed by atoms with Gasteiger partial charge < -0.3 is 15.2 Å². The maximum absolute atomic E-state index is 12.9. The Morgan fingerprint density at radius 1 is 1.32 bits per heavy atom. The molecule has 0 saturated heterocycles. The van der Waals surface area contributed by atoms with E-state index < -0.39 is 17.7 Å². The number of hydrogen-bond donors (Lipinski definition) is 1. The highest BCUT2D eigenvalue weighted by Gasteiger charge is 2.34. The zero-order chi connectivity index (χ0) is 14.6. The van der Waals surface area contributed by atoms with Crippen LogP contribution in [-0.2, 0) is 22.1 Å². The number of methoxy groups -OCH3 is 2. The zero-order valence-electron chi connectivity index (χ0n) is 10.5. The molecule has 0 spiro atoms. The molecule has 19 heavy (non-hydrogen) atoms. The number of anilines is 1. The molecule has 0 heterocycles. The van der Waals surface area contributed by atoms with Crippen LogP contribution >= 0.6 is 0 Å². The summed E-state index contributed by atoms with van der Waals surface area (Å²) in [5, 5.41) is 0. The summed E-state index contributed by atoms with van der Waals surface area (Å²) in [6.07, 6.45) is -4.51. The molecule has 0 aromatic heterocycles. The normalized spacial score (nSPS) is 11.4. The third kappa shape index (κ3) is 3.60. The molecule has 1 rings (SSSR count). The Balaban J connectivity index is 3.32. The minimum atomic E-state index is -4.54. The van der Waals surface area contributed by atoms with E-state index in [4.69, 9.17) is 10.5 Å². The van der Waals surface area contributed by atoms with Crippen LogP contribution in [0.5, 0.6) is 0 Å². The Labute approximate surface area is 108 Å². The first kappa shape index (κ1) is 15.3. The molecule has 106 valence electrons. The van der Waals surface area contributed by atoms with Crippen molar-refractivity contribution in [1.82, 2.24) is 0 Å². The topological polar surface area (TPSA) is 61.5 Å². The minimum Gasteiger partial charge on any atom is -0.465 e. The van der Waals surface area contributed by atoms with Gasteiger partial charge >= 0.3 is 12.1 Å².